The number of hydrogen-bond donors (Lipinski definition) is 0. The zero-order chi connectivity index (χ0) is 23.3. The minimum atomic E-state index is -1.16. The predicted octanol–water partition coefficient (Wildman–Crippen LogP) is 6.05. The fourth-order valence-corrected chi connectivity index (χ4v) is 3.21. The predicted molar refractivity (Wildman–Crippen MR) is 120 cm³/mol. The molecule has 3 aromatic rings. The molecule has 166 valence electrons. The molecule has 0 aliphatic rings. The topological polar surface area (TPSA) is 65.5 Å². The number of halogens is 2. The number of pyridine rings is 1. The van der Waals surface area contributed by atoms with Crippen molar-refractivity contribution in [1.82, 2.24) is 4.98 Å². The summed E-state index contributed by atoms with van der Waals surface area (Å²) in [4.78, 5) is 30.7. The Bertz CT molecular complexity index is 1110. The number of nitrogens with zero attached hydrogens (tertiary/aromatic N) is 1. The number of hydrogen-bond acceptors (Lipinski definition) is 5. The van der Waals surface area contributed by atoms with Gasteiger partial charge in [0.1, 0.15) is 23.1 Å². The minimum absolute atomic E-state index is 0.0109. The Kier molecular flexibility index (Phi) is 7.26. The van der Waals surface area contributed by atoms with E-state index in [0.29, 0.717) is 16.3 Å². The first-order chi connectivity index (χ1) is 15.1. The summed E-state index contributed by atoms with van der Waals surface area (Å²) < 4.78 is 24.4. The van der Waals surface area contributed by atoms with Crippen molar-refractivity contribution in [2.75, 3.05) is 0 Å². The Morgan fingerprint density at radius 3 is 2.38 bits per heavy atom. The van der Waals surface area contributed by atoms with Crippen LogP contribution in [0.3, 0.4) is 0 Å². The van der Waals surface area contributed by atoms with E-state index in [9.17, 15) is 14.0 Å². The second-order valence-electron chi connectivity index (χ2n) is 8.16. The molecule has 1 atom stereocenters. The zero-order valence-corrected chi connectivity index (χ0v) is 18.7. The lowest BCUT2D eigenvalue weighted by Gasteiger charge is -2.24. The van der Waals surface area contributed by atoms with Crippen LogP contribution >= 0.6 is 11.6 Å². The summed E-state index contributed by atoms with van der Waals surface area (Å²) in [6, 6.07) is 15.4. The SMILES string of the molecule is CC(C)(C)OC(=O)C(Cc1ccccc1Cl)C(=O)c1cccnc1Oc1ccc(F)cc1. The minimum Gasteiger partial charge on any atom is -0.459 e. The summed E-state index contributed by atoms with van der Waals surface area (Å²) in [7, 11) is 0. The Labute approximate surface area is 191 Å². The smallest absolute Gasteiger partial charge is 0.317 e. The van der Waals surface area contributed by atoms with Crippen LogP contribution in [0.25, 0.3) is 0 Å². The molecule has 0 bridgehead atoms. The standard InChI is InChI=1S/C25H23ClFNO4/c1-25(2,3)32-24(30)20(15-16-7-4-5-9-21(16)26)22(29)19-8-6-14-28-23(19)31-18-12-10-17(27)11-13-18/h4-14,20H,15H2,1-3H3. The van der Waals surface area contributed by atoms with Gasteiger partial charge in [-0.05, 0) is 75.2 Å². The van der Waals surface area contributed by atoms with Gasteiger partial charge in [-0.3, -0.25) is 9.59 Å². The summed E-state index contributed by atoms with van der Waals surface area (Å²) in [6.45, 7) is 5.19. The van der Waals surface area contributed by atoms with E-state index in [-0.39, 0.29) is 17.9 Å². The van der Waals surface area contributed by atoms with Crippen molar-refractivity contribution >= 4 is 23.4 Å². The van der Waals surface area contributed by atoms with E-state index in [1.807, 2.05) is 0 Å². The molecule has 0 spiro atoms. The van der Waals surface area contributed by atoms with Crippen LogP contribution in [0.1, 0.15) is 36.7 Å². The summed E-state index contributed by atoms with van der Waals surface area (Å²) in [6.07, 6.45) is 1.52. The number of Topliss-reactive ketones (excluding diaryl/α,β-unsaturated/α-hetero) is 1. The molecule has 1 unspecified atom stereocenters. The quantitative estimate of drug-likeness (QED) is 0.246. The normalized spacial score (nSPS) is 12.2. The van der Waals surface area contributed by atoms with Crippen LogP contribution in [0.2, 0.25) is 5.02 Å². The lowest BCUT2D eigenvalue weighted by Crippen LogP contribution is -2.34. The Balaban J connectivity index is 1.96. The molecule has 32 heavy (non-hydrogen) atoms. The molecule has 0 saturated carbocycles. The van der Waals surface area contributed by atoms with Gasteiger partial charge >= 0.3 is 5.97 Å². The third-order valence-corrected chi connectivity index (χ3v) is 4.82. The van der Waals surface area contributed by atoms with Gasteiger partial charge < -0.3 is 9.47 Å². The van der Waals surface area contributed by atoms with Crippen LogP contribution in [0.5, 0.6) is 11.6 Å². The molecule has 5 nitrogen and oxygen atoms in total. The summed E-state index contributed by atoms with van der Waals surface area (Å²) in [5.74, 6) is -2.44. The van der Waals surface area contributed by atoms with E-state index in [4.69, 9.17) is 21.1 Å². The van der Waals surface area contributed by atoms with Crippen molar-refractivity contribution in [3.63, 3.8) is 0 Å². The zero-order valence-electron chi connectivity index (χ0n) is 18.0. The second kappa shape index (κ2) is 9.92. The van der Waals surface area contributed by atoms with Gasteiger partial charge in [-0.1, -0.05) is 29.8 Å². The number of ether oxygens (including phenoxy) is 2. The van der Waals surface area contributed by atoms with E-state index in [1.165, 1.54) is 36.5 Å². The van der Waals surface area contributed by atoms with Crippen molar-refractivity contribution < 1.29 is 23.5 Å². The van der Waals surface area contributed by atoms with Crippen molar-refractivity contribution in [1.29, 1.82) is 0 Å². The molecular weight excluding hydrogens is 433 g/mol. The largest absolute Gasteiger partial charge is 0.459 e. The average molecular weight is 456 g/mol. The third-order valence-electron chi connectivity index (χ3n) is 4.45. The first kappa shape index (κ1) is 23.4. The van der Waals surface area contributed by atoms with E-state index < -0.39 is 29.1 Å². The molecular formula is C25H23ClFNO4. The van der Waals surface area contributed by atoms with Gasteiger partial charge in [-0.15, -0.1) is 0 Å². The molecule has 0 aliphatic carbocycles. The molecule has 1 heterocycles. The highest BCUT2D eigenvalue weighted by Gasteiger charge is 2.34. The highest BCUT2D eigenvalue weighted by Crippen LogP contribution is 2.29. The van der Waals surface area contributed by atoms with Crippen LogP contribution in [0, 0.1) is 11.7 Å². The molecule has 0 N–H and O–H groups in total. The van der Waals surface area contributed by atoms with Crippen LogP contribution < -0.4 is 4.74 Å². The van der Waals surface area contributed by atoms with Gasteiger partial charge in [-0.25, -0.2) is 9.37 Å². The lowest BCUT2D eigenvalue weighted by molar-refractivity contribution is -0.158. The Morgan fingerprint density at radius 2 is 1.72 bits per heavy atom. The number of carbonyl (C=O) groups excluding carboxylic acids is 2. The van der Waals surface area contributed by atoms with E-state index in [0.717, 1.165) is 0 Å². The molecule has 7 heteroatoms. The number of rotatable bonds is 7. The highest BCUT2D eigenvalue weighted by molar-refractivity contribution is 6.31. The highest BCUT2D eigenvalue weighted by atomic mass is 35.5. The summed E-state index contributed by atoms with van der Waals surface area (Å²) in [5.41, 5.74) is -0.0265. The third kappa shape index (κ3) is 6.14. The van der Waals surface area contributed by atoms with Gasteiger partial charge in [0.15, 0.2) is 5.78 Å². The van der Waals surface area contributed by atoms with Crippen LogP contribution in [0.4, 0.5) is 4.39 Å². The number of esters is 1. The van der Waals surface area contributed by atoms with Crippen LogP contribution in [-0.4, -0.2) is 22.3 Å². The Morgan fingerprint density at radius 1 is 1.03 bits per heavy atom. The van der Waals surface area contributed by atoms with Crippen molar-refractivity contribution in [2.24, 2.45) is 5.92 Å². The van der Waals surface area contributed by atoms with Gasteiger partial charge in [0, 0.05) is 11.2 Å². The fraction of sp³-hybridized carbons (Fsp3) is 0.240. The van der Waals surface area contributed by atoms with Crippen LogP contribution in [-0.2, 0) is 16.0 Å². The Hall–Kier alpha value is -3.25. The molecule has 0 aliphatic heterocycles. The maximum Gasteiger partial charge on any atom is 0.317 e. The maximum atomic E-state index is 13.5. The second-order valence-corrected chi connectivity index (χ2v) is 8.57. The number of aromatic nitrogens is 1. The van der Waals surface area contributed by atoms with Gasteiger partial charge in [0.05, 0.1) is 5.56 Å². The van der Waals surface area contributed by atoms with Crippen LogP contribution in [0.15, 0.2) is 66.9 Å². The molecule has 0 fully saturated rings. The van der Waals surface area contributed by atoms with E-state index >= 15 is 0 Å². The maximum absolute atomic E-state index is 13.5. The number of benzene rings is 2. The molecule has 0 radical (unpaired) electrons. The average Bonchev–Trinajstić information content (AvgIpc) is 2.73. The van der Waals surface area contributed by atoms with Crippen molar-refractivity contribution in [3.05, 3.63) is 88.8 Å². The molecule has 0 amide bonds. The molecule has 2 aromatic carbocycles. The monoisotopic (exact) mass is 455 g/mol. The number of ketones is 1. The van der Waals surface area contributed by atoms with E-state index in [2.05, 4.69) is 4.98 Å². The first-order valence-electron chi connectivity index (χ1n) is 10.0. The van der Waals surface area contributed by atoms with E-state index in [1.54, 1.807) is 51.1 Å². The first-order valence-corrected chi connectivity index (χ1v) is 10.4. The van der Waals surface area contributed by atoms with Crippen molar-refractivity contribution in [3.8, 4) is 11.6 Å². The number of carbonyl (C=O) groups is 2. The van der Waals surface area contributed by atoms with Gasteiger partial charge in [0.25, 0.3) is 0 Å². The van der Waals surface area contributed by atoms with Crippen molar-refractivity contribution in [2.45, 2.75) is 32.8 Å². The molecule has 3 rings (SSSR count). The fourth-order valence-electron chi connectivity index (χ4n) is 3.00. The lowest BCUT2D eigenvalue weighted by atomic mass is 9.91. The molecule has 1 aromatic heterocycles. The molecule has 0 saturated heterocycles. The summed E-state index contributed by atoms with van der Waals surface area (Å²) >= 11 is 6.28. The van der Waals surface area contributed by atoms with Gasteiger partial charge in [-0.2, -0.15) is 0 Å². The summed E-state index contributed by atoms with van der Waals surface area (Å²) in [5, 5.41) is 0.447. The van der Waals surface area contributed by atoms with Gasteiger partial charge in [0.2, 0.25) is 5.88 Å².